The molecule has 0 aromatic carbocycles. The molecule has 0 atom stereocenters. The second-order valence-corrected chi connectivity index (χ2v) is 4.44. The number of rotatable bonds is 1. The van der Waals surface area contributed by atoms with Gasteiger partial charge in [0.05, 0.1) is 0 Å². The lowest BCUT2D eigenvalue weighted by Gasteiger charge is -2.19. The fraction of sp³-hybridized carbons (Fsp3) is 0.667. The van der Waals surface area contributed by atoms with Crippen molar-refractivity contribution in [3.8, 4) is 0 Å². The molecule has 0 aliphatic heterocycles. The zero-order valence-electron chi connectivity index (χ0n) is 8.72. The van der Waals surface area contributed by atoms with Gasteiger partial charge < -0.3 is 0 Å². The summed E-state index contributed by atoms with van der Waals surface area (Å²) in [6, 6.07) is 0. The van der Waals surface area contributed by atoms with Crippen LogP contribution in [0.3, 0.4) is 0 Å². The smallest absolute Gasteiger partial charge is 0.0286 e. The first-order valence-electron chi connectivity index (χ1n) is 4.92. The summed E-state index contributed by atoms with van der Waals surface area (Å²) in [5, 5.41) is 0. The maximum Gasteiger partial charge on any atom is -0.0286 e. The highest BCUT2D eigenvalue weighted by Crippen LogP contribution is 2.28. The summed E-state index contributed by atoms with van der Waals surface area (Å²) in [4.78, 5) is 0. The van der Waals surface area contributed by atoms with Crippen molar-refractivity contribution < 1.29 is 0 Å². The molecule has 0 radical (unpaired) electrons. The van der Waals surface area contributed by atoms with Gasteiger partial charge in [-0.05, 0) is 38.5 Å². The van der Waals surface area contributed by atoms with E-state index in [1.807, 2.05) is 0 Å². The summed E-state index contributed by atoms with van der Waals surface area (Å²) < 4.78 is 0. The van der Waals surface area contributed by atoms with Crippen molar-refractivity contribution >= 4 is 0 Å². The van der Waals surface area contributed by atoms with Gasteiger partial charge >= 0.3 is 0 Å². The standard InChI is InChI=1S/C12H20/c1-9(2)12-7-10(3)5-6-11(4)8-12/h5-6,9,12H,7-8H2,1-4H3. The second kappa shape index (κ2) is 3.93. The lowest BCUT2D eigenvalue weighted by atomic mass is 9.86. The van der Waals surface area contributed by atoms with Crippen LogP contribution in [0.15, 0.2) is 23.3 Å². The van der Waals surface area contributed by atoms with E-state index in [-0.39, 0.29) is 0 Å². The molecule has 0 saturated heterocycles. The van der Waals surface area contributed by atoms with Crippen LogP contribution in [0.5, 0.6) is 0 Å². The van der Waals surface area contributed by atoms with Crippen LogP contribution in [0.1, 0.15) is 40.5 Å². The van der Waals surface area contributed by atoms with Crippen molar-refractivity contribution in [3.05, 3.63) is 23.3 Å². The molecule has 0 aromatic rings. The molecule has 0 aromatic heterocycles. The van der Waals surface area contributed by atoms with E-state index in [0.717, 1.165) is 11.8 Å². The predicted octanol–water partition coefficient (Wildman–Crippen LogP) is 3.95. The normalized spacial score (nSPS) is 20.4. The third kappa shape index (κ3) is 2.51. The second-order valence-electron chi connectivity index (χ2n) is 4.44. The summed E-state index contributed by atoms with van der Waals surface area (Å²) in [5.74, 6) is 1.68. The SMILES string of the molecule is CC1=CC=C(C)CC(C(C)C)C1. The van der Waals surface area contributed by atoms with Crippen LogP contribution in [-0.4, -0.2) is 0 Å². The average molecular weight is 164 g/mol. The zero-order valence-corrected chi connectivity index (χ0v) is 8.72. The van der Waals surface area contributed by atoms with Gasteiger partial charge in [0.25, 0.3) is 0 Å². The first kappa shape index (κ1) is 9.57. The molecule has 1 aliphatic rings. The lowest BCUT2D eigenvalue weighted by Crippen LogP contribution is -2.08. The summed E-state index contributed by atoms with van der Waals surface area (Å²) in [7, 11) is 0. The molecular weight excluding hydrogens is 144 g/mol. The van der Waals surface area contributed by atoms with Gasteiger partial charge in [0.1, 0.15) is 0 Å². The Kier molecular flexibility index (Phi) is 3.13. The van der Waals surface area contributed by atoms with Crippen LogP contribution in [-0.2, 0) is 0 Å². The highest BCUT2D eigenvalue weighted by molar-refractivity contribution is 5.19. The summed E-state index contributed by atoms with van der Waals surface area (Å²) >= 11 is 0. The van der Waals surface area contributed by atoms with E-state index in [1.54, 1.807) is 0 Å². The van der Waals surface area contributed by atoms with Crippen molar-refractivity contribution in [1.82, 2.24) is 0 Å². The predicted molar refractivity (Wildman–Crippen MR) is 55.1 cm³/mol. The largest absolute Gasteiger partial charge is 0.0730 e. The Bertz CT molecular complexity index is 186. The van der Waals surface area contributed by atoms with E-state index in [2.05, 4.69) is 39.8 Å². The molecule has 0 bridgehead atoms. The van der Waals surface area contributed by atoms with E-state index in [4.69, 9.17) is 0 Å². The van der Waals surface area contributed by atoms with Gasteiger partial charge in [-0.25, -0.2) is 0 Å². The minimum Gasteiger partial charge on any atom is -0.0730 e. The monoisotopic (exact) mass is 164 g/mol. The fourth-order valence-electron chi connectivity index (χ4n) is 1.79. The van der Waals surface area contributed by atoms with Gasteiger partial charge in [-0.2, -0.15) is 0 Å². The van der Waals surface area contributed by atoms with E-state index in [0.29, 0.717) is 0 Å². The quantitative estimate of drug-likeness (QED) is 0.550. The van der Waals surface area contributed by atoms with Crippen molar-refractivity contribution in [2.24, 2.45) is 11.8 Å². The highest BCUT2D eigenvalue weighted by Gasteiger charge is 2.15. The molecule has 68 valence electrons. The molecule has 0 nitrogen and oxygen atoms in total. The number of allylic oxidation sites excluding steroid dienone is 4. The van der Waals surface area contributed by atoms with E-state index in [9.17, 15) is 0 Å². The Labute approximate surface area is 76.4 Å². The third-order valence-electron chi connectivity index (χ3n) is 2.76. The van der Waals surface area contributed by atoms with E-state index >= 15 is 0 Å². The van der Waals surface area contributed by atoms with Crippen LogP contribution < -0.4 is 0 Å². The zero-order chi connectivity index (χ0) is 9.14. The van der Waals surface area contributed by atoms with Gasteiger partial charge in [-0.3, -0.25) is 0 Å². The number of hydrogen-bond donors (Lipinski definition) is 0. The van der Waals surface area contributed by atoms with E-state index in [1.165, 1.54) is 24.0 Å². The minimum absolute atomic E-state index is 0.815. The Hall–Kier alpha value is -0.520. The van der Waals surface area contributed by atoms with Crippen molar-refractivity contribution in [1.29, 1.82) is 0 Å². The Balaban J connectivity index is 2.71. The van der Waals surface area contributed by atoms with Crippen LogP contribution in [0.25, 0.3) is 0 Å². The van der Waals surface area contributed by atoms with Gasteiger partial charge in [0, 0.05) is 0 Å². The molecule has 0 heteroatoms. The molecule has 1 rings (SSSR count). The topological polar surface area (TPSA) is 0 Å². The van der Waals surface area contributed by atoms with Gasteiger partial charge in [0.15, 0.2) is 0 Å². The highest BCUT2D eigenvalue weighted by atomic mass is 14.2. The van der Waals surface area contributed by atoms with Gasteiger partial charge in [0.2, 0.25) is 0 Å². The Morgan fingerprint density at radius 1 is 1.08 bits per heavy atom. The van der Waals surface area contributed by atoms with E-state index < -0.39 is 0 Å². The molecule has 0 fully saturated rings. The Morgan fingerprint density at radius 3 is 1.83 bits per heavy atom. The van der Waals surface area contributed by atoms with Crippen molar-refractivity contribution in [3.63, 3.8) is 0 Å². The summed E-state index contributed by atoms with van der Waals surface area (Å²) in [5.41, 5.74) is 3.07. The maximum atomic E-state index is 2.33. The molecule has 0 N–H and O–H groups in total. The molecule has 0 heterocycles. The molecule has 0 spiro atoms. The van der Waals surface area contributed by atoms with Crippen molar-refractivity contribution in [2.75, 3.05) is 0 Å². The van der Waals surface area contributed by atoms with Gasteiger partial charge in [-0.1, -0.05) is 37.1 Å². The molecule has 1 aliphatic carbocycles. The molecule has 0 saturated carbocycles. The molecule has 12 heavy (non-hydrogen) atoms. The maximum absolute atomic E-state index is 2.33. The Morgan fingerprint density at radius 2 is 1.50 bits per heavy atom. The first-order valence-corrected chi connectivity index (χ1v) is 4.92. The first-order chi connectivity index (χ1) is 5.59. The van der Waals surface area contributed by atoms with Crippen LogP contribution in [0, 0.1) is 11.8 Å². The molecule has 0 amide bonds. The van der Waals surface area contributed by atoms with Crippen LogP contribution in [0.2, 0.25) is 0 Å². The lowest BCUT2D eigenvalue weighted by molar-refractivity contribution is 0.380. The summed E-state index contributed by atoms with van der Waals surface area (Å²) in [6.45, 7) is 9.14. The number of hydrogen-bond acceptors (Lipinski definition) is 0. The minimum atomic E-state index is 0.815. The molecular formula is C12H20. The van der Waals surface area contributed by atoms with Crippen LogP contribution in [0.4, 0.5) is 0 Å². The summed E-state index contributed by atoms with van der Waals surface area (Å²) in [6.07, 6.45) is 7.12. The van der Waals surface area contributed by atoms with Crippen molar-refractivity contribution in [2.45, 2.75) is 40.5 Å². The van der Waals surface area contributed by atoms with Gasteiger partial charge in [-0.15, -0.1) is 0 Å². The van der Waals surface area contributed by atoms with Crippen LogP contribution >= 0.6 is 0 Å². The fourth-order valence-corrected chi connectivity index (χ4v) is 1.79. The third-order valence-corrected chi connectivity index (χ3v) is 2.76. The molecule has 0 unspecified atom stereocenters. The average Bonchev–Trinajstić information content (AvgIpc) is 2.13.